The molecule has 1 saturated carbocycles. The molecule has 0 spiro atoms. The van der Waals surface area contributed by atoms with Crippen LogP contribution < -0.4 is 5.32 Å². The van der Waals surface area contributed by atoms with Crippen molar-refractivity contribution in [3.8, 4) is 0 Å². The maximum atomic E-state index is 13.5. The number of carboxylic acids is 1. The fraction of sp³-hybridized carbons (Fsp3) is 0.500. The van der Waals surface area contributed by atoms with Crippen molar-refractivity contribution in [1.29, 1.82) is 0 Å². The molecule has 1 aliphatic rings. The highest BCUT2D eigenvalue weighted by molar-refractivity contribution is 5.71. The third kappa shape index (κ3) is 3.29. The lowest BCUT2D eigenvalue weighted by atomic mass is 9.92. The molecule has 0 aliphatic heterocycles. The molecule has 21 heavy (non-hydrogen) atoms. The summed E-state index contributed by atoms with van der Waals surface area (Å²) in [6.45, 7) is 1.52. The van der Waals surface area contributed by atoms with Gasteiger partial charge in [-0.2, -0.15) is 0 Å². The molecule has 0 bridgehead atoms. The van der Waals surface area contributed by atoms with Gasteiger partial charge < -0.3 is 10.4 Å². The average Bonchev–Trinajstić information content (AvgIpc) is 2.80. The molecule has 0 amide bonds. The van der Waals surface area contributed by atoms with Gasteiger partial charge in [0.1, 0.15) is 11.5 Å². The Kier molecular flexibility index (Phi) is 4.11. The molecular weight excluding hydrogens is 279 g/mol. The number of carbonyl (C=O) groups is 1. The molecule has 114 valence electrons. The number of nitro groups is 1. The van der Waals surface area contributed by atoms with Gasteiger partial charge in [-0.15, -0.1) is 0 Å². The Labute approximate surface area is 121 Å². The van der Waals surface area contributed by atoms with Crippen LogP contribution in [0, 0.1) is 22.9 Å². The summed E-state index contributed by atoms with van der Waals surface area (Å²) in [6.07, 6.45) is 2.89. The molecule has 2 rings (SSSR count). The first-order valence-electron chi connectivity index (χ1n) is 6.77. The van der Waals surface area contributed by atoms with Crippen molar-refractivity contribution in [2.45, 2.75) is 44.6 Å². The zero-order valence-electron chi connectivity index (χ0n) is 11.7. The number of anilines is 1. The number of aryl methyl sites for hydroxylation is 1. The van der Waals surface area contributed by atoms with E-state index in [1.54, 1.807) is 0 Å². The van der Waals surface area contributed by atoms with Gasteiger partial charge in [0, 0.05) is 5.54 Å². The van der Waals surface area contributed by atoms with E-state index in [9.17, 15) is 19.3 Å². The van der Waals surface area contributed by atoms with E-state index in [-0.39, 0.29) is 23.4 Å². The van der Waals surface area contributed by atoms with Gasteiger partial charge in [-0.3, -0.25) is 14.9 Å². The van der Waals surface area contributed by atoms with E-state index in [1.807, 2.05) is 0 Å². The summed E-state index contributed by atoms with van der Waals surface area (Å²) in [6, 6.07) is 2.25. The topological polar surface area (TPSA) is 92.5 Å². The Morgan fingerprint density at radius 3 is 2.62 bits per heavy atom. The van der Waals surface area contributed by atoms with Crippen molar-refractivity contribution in [3.63, 3.8) is 0 Å². The van der Waals surface area contributed by atoms with Crippen molar-refractivity contribution in [2.24, 2.45) is 0 Å². The van der Waals surface area contributed by atoms with Crippen LogP contribution in [0.25, 0.3) is 0 Å². The summed E-state index contributed by atoms with van der Waals surface area (Å²) in [5, 5.41) is 23.1. The average molecular weight is 296 g/mol. The molecule has 0 atom stereocenters. The van der Waals surface area contributed by atoms with E-state index in [0.717, 1.165) is 18.9 Å². The minimum atomic E-state index is -0.953. The summed E-state index contributed by atoms with van der Waals surface area (Å²) in [7, 11) is 0. The number of halogens is 1. The molecule has 1 aromatic rings. The molecular formula is C14H17FN2O4. The summed E-state index contributed by atoms with van der Waals surface area (Å²) in [5.41, 5.74) is -0.593. The SMILES string of the molecule is Cc1cc(NC2(CC(=O)O)CCCC2)c([N+](=O)[O-])cc1F. The van der Waals surface area contributed by atoms with Crippen molar-refractivity contribution in [3.05, 3.63) is 33.6 Å². The fourth-order valence-corrected chi connectivity index (χ4v) is 2.90. The molecule has 7 heteroatoms. The molecule has 0 aromatic heterocycles. The van der Waals surface area contributed by atoms with Crippen LogP contribution in [0.3, 0.4) is 0 Å². The smallest absolute Gasteiger partial charge is 0.305 e. The standard InChI is InChI=1S/C14H17FN2O4/c1-9-6-11(12(17(20)21)7-10(9)15)16-14(8-13(18)19)4-2-3-5-14/h6-7,16H,2-5,8H2,1H3,(H,18,19). The second-order valence-electron chi connectivity index (χ2n) is 5.56. The molecule has 2 N–H and O–H groups in total. The first-order valence-corrected chi connectivity index (χ1v) is 6.77. The number of aliphatic carboxylic acids is 1. The maximum absolute atomic E-state index is 13.5. The highest BCUT2D eigenvalue weighted by Crippen LogP contribution is 2.39. The van der Waals surface area contributed by atoms with Crippen molar-refractivity contribution in [1.82, 2.24) is 0 Å². The Hall–Kier alpha value is -2.18. The van der Waals surface area contributed by atoms with E-state index >= 15 is 0 Å². The minimum Gasteiger partial charge on any atom is -0.481 e. The molecule has 0 heterocycles. The molecule has 1 fully saturated rings. The Morgan fingerprint density at radius 1 is 1.48 bits per heavy atom. The number of rotatable bonds is 5. The van der Waals surface area contributed by atoms with Crippen LogP contribution in [0.5, 0.6) is 0 Å². The predicted molar refractivity (Wildman–Crippen MR) is 74.9 cm³/mol. The van der Waals surface area contributed by atoms with Crippen LogP contribution >= 0.6 is 0 Å². The first kappa shape index (κ1) is 15.2. The number of nitro benzene ring substituents is 1. The monoisotopic (exact) mass is 296 g/mol. The molecule has 1 aliphatic carbocycles. The van der Waals surface area contributed by atoms with Crippen molar-refractivity contribution >= 4 is 17.3 Å². The van der Waals surface area contributed by atoms with Gasteiger partial charge in [-0.1, -0.05) is 12.8 Å². The second kappa shape index (κ2) is 5.67. The second-order valence-corrected chi connectivity index (χ2v) is 5.56. The zero-order chi connectivity index (χ0) is 15.6. The van der Waals surface area contributed by atoms with Gasteiger partial charge in [-0.25, -0.2) is 4.39 Å². The number of hydrogen-bond acceptors (Lipinski definition) is 4. The number of benzene rings is 1. The summed E-state index contributed by atoms with van der Waals surface area (Å²) < 4.78 is 13.5. The number of carboxylic acid groups (broad SMARTS) is 1. The van der Waals surface area contributed by atoms with Crippen LogP contribution in [0.1, 0.15) is 37.7 Å². The van der Waals surface area contributed by atoms with E-state index in [4.69, 9.17) is 5.11 Å². The maximum Gasteiger partial charge on any atom is 0.305 e. The van der Waals surface area contributed by atoms with Gasteiger partial charge >= 0.3 is 5.97 Å². The molecule has 1 aromatic carbocycles. The van der Waals surface area contributed by atoms with Gasteiger partial charge in [0.25, 0.3) is 5.69 Å². The van der Waals surface area contributed by atoms with E-state index in [1.165, 1.54) is 13.0 Å². The Morgan fingerprint density at radius 2 is 2.10 bits per heavy atom. The van der Waals surface area contributed by atoms with E-state index in [2.05, 4.69) is 5.32 Å². The fourth-order valence-electron chi connectivity index (χ4n) is 2.90. The quantitative estimate of drug-likeness (QED) is 0.642. The van der Waals surface area contributed by atoms with Crippen molar-refractivity contribution in [2.75, 3.05) is 5.32 Å². The molecule has 0 radical (unpaired) electrons. The normalized spacial score (nSPS) is 16.7. The van der Waals surface area contributed by atoms with Gasteiger partial charge in [0.05, 0.1) is 17.4 Å². The lowest BCUT2D eigenvalue weighted by Gasteiger charge is -2.29. The van der Waals surface area contributed by atoms with Gasteiger partial charge in [0.15, 0.2) is 0 Å². The number of nitrogens with zero attached hydrogens (tertiary/aromatic N) is 1. The Bertz CT molecular complexity index is 583. The lowest BCUT2D eigenvalue weighted by molar-refractivity contribution is -0.384. The first-order chi connectivity index (χ1) is 9.83. The minimum absolute atomic E-state index is 0.111. The van der Waals surface area contributed by atoms with Crippen LogP contribution in [0.15, 0.2) is 12.1 Å². The van der Waals surface area contributed by atoms with Crippen LogP contribution in [0.4, 0.5) is 15.8 Å². The van der Waals surface area contributed by atoms with Crippen LogP contribution in [-0.2, 0) is 4.79 Å². The largest absolute Gasteiger partial charge is 0.481 e. The lowest BCUT2D eigenvalue weighted by Crippen LogP contribution is -2.37. The highest BCUT2D eigenvalue weighted by Gasteiger charge is 2.37. The molecule has 6 nitrogen and oxygen atoms in total. The number of nitrogens with one attached hydrogen (secondary N) is 1. The summed E-state index contributed by atoms with van der Waals surface area (Å²) in [5.74, 6) is -1.60. The van der Waals surface area contributed by atoms with Crippen LogP contribution in [-0.4, -0.2) is 21.5 Å². The molecule has 0 unspecified atom stereocenters. The van der Waals surface area contributed by atoms with Crippen LogP contribution in [0.2, 0.25) is 0 Å². The van der Waals surface area contributed by atoms with E-state index < -0.39 is 22.2 Å². The summed E-state index contributed by atoms with van der Waals surface area (Å²) in [4.78, 5) is 21.5. The van der Waals surface area contributed by atoms with Crippen molar-refractivity contribution < 1.29 is 19.2 Å². The third-order valence-electron chi connectivity index (χ3n) is 3.92. The predicted octanol–water partition coefficient (Wildman–Crippen LogP) is 3.24. The summed E-state index contributed by atoms with van der Waals surface area (Å²) >= 11 is 0. The third-order valence-corrected chi connectivity index (χ3v) is 3.92. The van der Waals surface area contributed by atoms with E-state index in [0.29, 0.717) is 12.8 Å². The molecule has 0 saturated heterocycles. The van der Waals surface area contributed by atoms with Gasteiger partial charge in [0.2, 0.25) is 0 Å². The number of hydrogen-bond donors (Lipinski definition) is 2. The zero-order valence-corrected chi connectivity index (χ0v) is 11.7. The highest BCUT2D eigenvalue weighted by atomic mass is 19.1. The van der Waals surface area contributed by atoms with Gasteiger partial charge in [-0.05, 0) is 31.4 Å². The Balaban J connectivity index is 2.38.